The van der Waals surface area contributed by atoms with Crippen LogP contribution in [0.15, 0.2) is 24.5 Å². The SMILES string of the molecule is CC(=O)c1c(C)c(-c2c(C)cnn2C)n2ncccc12. The highest BCUT2D eigenvalue weighted by Gasteiger charge is 2.22. The summed E-state index contributed by atoms with van der Waals surface area (Å²) in [6.45, 7) is 5.57. The molecule has 20 heavy (non-hydrogen) atoms. The zero-order chi connectivity index (χ0) is 14.4. The van der Waals surface area contributed by atoms with Crippen molar-refractivity contribution in [2.75, 3.05) is 0 Å². The molecule has 0 fully saturated rings. The zero-order valence-electron chi connectivity index (χ0n) is 12.0. The molecule has 0 saturated carbocycles. The Morgan fingerprint density at radius 1 is 1.20 bits per heavy atom. The highest BCUT2D eigenvalue weighted by Crippen LogP contribution is 2.32. The van der Waals surface area contributed by atoms with Crippen LogP contribution >= 0.6 is 0 Å². The molecule has 5 heteroatoms. The van der Waals surface area contributed by atoms with E-state index in [4.69, 9.17) is 0 Å². The fourth-order valence-corrected chi connectivity index (χ4v) is 2.82. The summed E-state index contributed by atoms with van der Waals surface area (Å²) in [5.74, 6) is 0.0547. The number of hydrogen-bond donors (Lipinski definition) is 0. The molecule has 3 aromatic heterocycles. The van der Waals surface area contributed by atoms with Crippen LogP contribution in [0, 0.1) is 13.8 Å². The van der Waals surface area contributed by atoms with Gasteiger partial charge in [0, 0.05) is 18.8 Å². The number of aryl methyl sites for hydroxylation is 2. The molecule has 0 aliphatic rings. The topological polar surface area (TPSA) is 52.2 Å². The van der Waals surface area contributed by atoms with Crippen LogP contribution in [0.1, 0.15) is 28.4 Å². The largest absolute Gasteiger partial charge is 0.294 e. The van der Waals surface area contributed by atoms with Crippen molar-refractivity contribution >= 4 is 11.3 Å². The maximum atomic E-state index is 12.0. The van der Waals surface area contributed by atoms with Gasteiger partial charge < -0.3 is 0 Å². The number of aromatic nitrogens is 4. The van der Waals surface area contributed by atoms with E-state index in [2.05, 4.69) is 10.2 Å². The summed E-state index contributed by atoms with van der Waals surface area (Å²) in [5, 5.41) is 8.69. The van der Waals surface area contributed by atoms with Crippen LogP contribution in [0.5, 0.6) is 0 Å². The van der Waals surface area contributed by atoms with Crippen LogP contribution in [0.25, 0.3) is 16.9 Å². The van der Waals surface area contributed by atoms with E-state index < -0.39 is 0 Å². The fourth-order valence-electron chi connectivity index (χ4n) is 2.82. The molecule has 3 heterocycles. The third-order valence-electron chi connectivity index (χ3n) is 3.65. The molecule has 0 unspecified atom stereocenters. The third kappa shape index (κ3) is 1.59. The van der Waals surface area contributed by atoms with Crippen LogP contribution in [-0.2, 0) is 7.05 Å². The van der Waals surface area contributed by atoms with E-state index in [1.165, 1.54) is 0 Å². The standard InChI is InChI=1S/C15H16N4O/c1-9-8-17-18(4)14(9)15-10(2)13(11(3)20)12-6-5-7-16-19(12)15/h5-8H,1-4H3. The lowest BCUT2D eigenvalue weighted by molar-refractivity contribution is 0.101. The molecule has 0 amide bonds. The summed E-state index contributed by atoms with van der Waals surface area (Å²) >= 11 is 0. The molecule has 0 bridgehead atoms. The molecule has 0 atom stereocenters. The van der Waals surface area contributed by atoms with Crippen LogP contribution in [0.4, 0.5) is 0 Å². The first-order valence-corrected chi connectivity index (χ1v) is 6.48. The molecule has 5 nitrogen and oxygen atoms in total. The van der Waals surface area contributed by atoms with Crippen molar-refractivity contribution < 1.29 is 4.79 Å². The summed E-state index contributed by atoms with van der Waals surface area (Å²) < 4.78 is 3.65. The predicted molar refractivity (Wildman–Crippen MR) is 76.9 cm³/mol. The van der Waals surface area contributed by atoms with Crippen molar-refractivity contribution in [3.8, 4) is 11.4 Å². The third-order valence-corrected chi connectivity index (χ3v) is 3.65. The maximum Gasteiger partial charge on any atom is 0.162 e. The van der Waals surface area contributed by atoms with Gasteiger partial charge in [-0.1, -0.05) is 0 Å². The van der Waals surface area contributed by atoms with Crippen LogP contribution in [-0.4, -0.2) is 25.2 Å². The lowest BCUT2D eigenvalue weighted by Gasteiger charge is -2.05. The van der Waals surface area contributed by atoms with E-state index in [1.807, 2.05) is 48.4 Å². The van der Waals surface area contributed by atoms with Gasteiger partial charge in [-0.3, -0.25) is 9.48 Å². The van der Waals surface area contributed by atoms with E-state index in [0.717, 1.165) is 33.6 Å². The lowest BCUT2D eigenvalue weighted by Crippen LogP contribution is -2.00. The summed E-state index contributed by atoms with van der Waals surface area (Å²) in [6, 6.07) is 3.77. The summed E-state index contributed by atoms with van der Waals surface area (Å²) in [4.78, 5) is 12.0. The number of nitrogens with zero attached hydrogens (tertiary/aromatic N) is 4. The summed E-state index contributed by atoms with van der Waals surface area (Å²) in [7, 11) is 1.90. The molecule has 3 aromatic rings. The van der Waals surface area contributed by atoms with E-state index in [-0.39, 0.29) is 5.78 Å². The molecule has 0 radical (unpaired) electrons. The molecule has 0 aliphatic heterocycles. The number of Topliss-reactive ketones (excluding diaryl/α,β-unsaturated/α-hetero) is 1. The lowest BCUT2D eigenvalue weighted by atomic mass is 10.1. The number of hydrogen-bond acceptors (Lipinski definition) is 3. The quantitative estimate of drug-likeness (QED) is 0.671. The fraction of sp³-hybridized carbons (Fsp3) is 0.267. The summed E-state index contributed by atoms with van der Waals surface area (Å²) in [5.41, 5.74) is 5.51. The number of fused-ring (bicyclic) bond motifs is 1. The van der Waals surface area contributed by atoms with Gasteiger partial charge in [-0.2, -0.15) is 10.2 Å². The van der Waals surface area contributed by atoms with Crippen LogP contribution in [0.2, 0.25) is 0 Å². The van der Waals surface area contributed by atoms with Gasteiger partial charge in [0.2, 0.25) is 0 Å². The molecule has 0 aromatic carbocycles. The predicted octanol–water partition coefficient (Wildman–Crippen LogP) is 2.55. The highest BCUT2D eigenvalue weighted by molar-refractivity contribution is 6.04. The van der Waals surface area contributed by atoms with Gasteiger partial charge in [0.25, 0.3) is 0 Å². The van der Waals surface area contributed by atoms with E-state index >= 15 is 0 Å². The Labute approximate surface area is 116 Å². The molecular formula is C15H16N4O. The average Bonchev–Trinajstić information content (AvgIpc) is 2.87. The monoisotopic (exact) mass is 268 g/mol. The zero-order valence-corrected chi connectivity index (χ0v) is 12.0. The van der Waals surface area contributed by atoms with Gasteiger partial charge in [-0.05, 0) is 44.0 Å². The van der Waals surface area contributed by atoms with E-state index in [0.29, 0.717) is 0 Å². The number of ketones is 1. The minimum atomic E-state index is 0.0547. The van der Waals surface area contributed by atoms with Gasteiger partial charge in [0.05, 0.1) is 23.1 Å². The smallest absolute Gasteiger partial charge is 0.162 e. The Bertz CT molecular complexity index is 806. The Hall–Kier alpha value is -2.43. The second kappa shape index (κ2) is 4.30. The molecule has 3 rings (SSSR count). The normalized spacial score (nSPS) is 11.2. The van der Waals surface area contributed by atoms with E-state index in [1.54, 1.807) is 13.1 Å². The van der Waals surface area contributed by atoms with Crippen LogP contribution < -0.4 is 0 Å². The molecular weight excluding hydrogens is 252 g/mol. The number of carbonyl (C=O) groups excluding carboxylic acids is 1. The van der Waals surface area contributed by atoms with E-state index in [9.17, 15) is 4.79 Å². The van der Waals surface area contributed by atoms with Crippen LogP contribution in [0.3, 0.4) is 0 Å². The molecule has 0 aliphatic carbocycles. The van der Waals surface area contributed by atoms with Crippen molar-refractivity contribution in [1.82, 2.24) is 19.4 Å². The molecule has 0 saturated heterocycles. The number of rotatable bonds is 2. The van der Waals surface area contributed by atoms with Crippen molar-refractivity contribution in [3.05, 3.63) is 41.2 Å². The summed E-state index contributed by atoms with van der Waals surface area (Å²) in [6.07, 6.45) is 3.55. The first kappa shape index (κ1) is 12.6. The van der Waals surface area contributed by atoms with Gasteiger partial charge in [-0.15, -0.1) is 0 Å². The molecule has 102 valence electrons. The Morgan fingerprint density at radius 3 is 2.55 bits per heavy atom. The van der Waals surface area contributed by atoms with Crippen molar-refractivity contribution in [2.24, 2.45) is 7.05 Å². The Morgan fingerprint density at radius 2 is 1.95 bits per heavy atom. The van der Waals surface area contributed by atoms with Gasteiger partial charge >= 0.3 is 0 Å². The van der Waals surface area contributed by atoms with Crippen molar-refractivity contribution in [1.29, 1.82) is 0 Å². The molecule has 0 spiro atoms. The maximum absolute atomic E-state index is 12.0. The molecule has 0 N–H and O–H groups in total. The Kier molecular flexibility index (Phi) is 2.71. The van der Waals surface area contributed by atoms with Gasteiger partial charge in [0.15, 0.2) is 5.78 Å². The van der Waals surface area contributed by atoms with Gasteiger partial charge in [-0.25, -0.2) is 4.52 Å². The highest BCUT2D eigenvalue weighted by atomic mass is 16.1. The van der Waals surface area contributed by atoms with Crippen molar-refractivity contribution in [2.45, 2.75) is 20.8 Å². The van der Waals surface area contributed by atoms with Crippen molar-refractivity contribution in [3.63, 3.8) is 0 Å². The first-order chi connectivity index (χ1) is 9.52. The average molecular weight is 268 g/mol. The van der Waals surface area contributed by atoms with Gasteiger partial charge in [0.1, 0.15) is 0 Å². The minimum absolute atomic E-state index is 0.0547. The first-order valence-electron chi connectivity index (χ1n) is 6.48. The second-order valence-corrected chi connectivity index (χ2v) is 5.03. The minimum Gasteiger partial charge on any atom is -0.294 e. The Balaban J connectivity index is 2.49. The second-order valence-electron chi connectivity index (χ2n) is 5.03. The number of carbonyl (C=O) groups is 1.